The molecule has 134 valence electrons. The molecule has 0 fully saturated rings. The Morgan fingerprint density at radius 2 is 1.68 bits per heavy atom. The first-order valence-electron chi connectivity index (χ1n) is 6.98. The maximum atomic E-state index is 12.5. The summed E-state index contributed by atoms with van der Waals surface area (Å²) in [6.07, 6.45) is 0.179. The number of hydrogen-bond donors (Lipinski definition) is 1. The Hall–Kier alpha value is -2.55. The number of carbonyl (C=O) groups excluding carboxylic acids is 1. The Kier molecular flexibility index (Phi) is 5.36. The summed E-state index contributed by atoms with van der Waals surface area (Å²) >= 11 is 0. The number of anilines is 1. The molecule has 0 aliphatic heterocycles. The van der Waals surface area contributed by atoms with Gasteiger partial charge in [-0.15, -0.1) is 0 Å². The van der Waals surface area contributed by atoms with Crippen molar-refractivity contribution in [3.05, 3.63) is 65.2 Å². The molecule has 0 saturated carbocycles. The number of sulfonamides is 1. The van der Waals surface area contributed by atoms with Gasteiger partial charge in [0.1, 0.15) is 0 Å². The van der Waals surface area contributed by atoms with Gasteiger partial charge in [0.2, 0.25) is 0 Å². The molecule has 0 bridgehead atoms. The summed E-state index contributed by atoms with van der Waals surface area (Å²) in [6.45, 7) is 0. The number of ether oxygens (including phenoxy) is 1. The monoisotopic (exact) mass is 373 g/mol. The van der Waals surface area contributed by atoms with E-state index in [0.29, 0.717) is 16.7 Å². The predicted octanol–water partition coefficient (Wildman–Crippen LogP) is 3.33. The second-order valence-electron chi connectivity index (χ2n) is 5.07. The van der Waals surface area contributed by atoms with Crippen LogP contribution in [0.2, 0.25) is 0 Å². The fourth-order valence-electron chi connectivity index (χ4n) is 2.07. The molecule has 1 N–H and O–H groups in total. The number of esters is 1. The summed E-state index contributed by atoms with van der Waals surface area (Å²) in [7, 11) is -4.25. The zero-order chi connectivity index (χ0) is 18.7. The van der Waals surface area contributed by atoms with E-state index in [1.54, 1.807) is 22.9 Å². The van der Waals surface area contributed by atoms with Gasteiger partial charge in [0.15, 0.2) is 0 Å². The largest absolute Gasteiger partial charge is 0.516 e. The molecular formula is C16H14F3NO4S. The lowest BCUT2D eigenvalue weighted by molar-refractivity contribution is -0.0429. The summed E-state index contributed by atoms with van der Waals surface area (Å²) in [5.41, 5.74) is -4.18. The van der Waals surface area contributed by atoms with Crippen molar-refractivity contribution in [1.82, 2.24) is 0 Å². The van der Waals surface area contributed by atoms with E-state index in [2.05, 4.69) is 4.74 Å². The van der Waals surface area contributed by atoms with Crippen molar-refractivity contribution in [3.8, 4) is 0 Å². The van der Waals surface area contributed by atoms with Crippen molar-refractivity contribution in [3.63, 3.8) is 0 Å². The van der Waals surface area contributed by atoms with Crippen molar-refractivity contribution in [2.45, 2.75) is 11.9 Å². The van der Waals surface area contributed by atoms with Crippen LogP contribution in [0.4, 0.5) is 18.9 Å². The van der Waals surface area contributed by atoms with Crippen LogP contribution in [0.3, 0.4) is 0 Å². The SMILES string of the molecule is COC(=O)c1ccc(Cc2ccccc2NS(=O)(=O)C(F)(F)F)cc1. The molecule has 0 saturated heterocycles. The molecule has 0 spiro atoms. The number of alkyl halides is 3. The van der Waals surface area contributed by atoms with Crippen molar-refractivity contribution in [2.24, 2.45) is 0 Å². The van der Waals surface area contributed by atoms with E-state index in [1.165, 1.54) is 37.4 Å². The molecule has 9 heteroatoms. The van der Waals surface area contributed by atoms with Gasteiger partial charge < -0.3 is 4.74 Å². The van der Waals surface area contributed by atoms with Gasteiger partial charge in [0.05, 0.1) is 18.4 Å². The summed E-state index contributed by atoms with van der Waals surface area (Å²) in [6, 6.07) is 12.0. The van der Waals surface area contributed by atoms with Crippen molar-refractivity contribution in [2.75, 3.05) is 11.8 Å². The van der Waals surface area contributed by atoms with Crippen LogP contribution in [0.5, 0.6) is 0 Å². The van der Waals surface area contributed by atoms with Gasteiger partial charge in [0, 0.05) is 0 Å². The van der Waals surface area contributed by atoms with Crippen LogP contribution < -0.4 is 4.72 Å². The third kappa shape index (κ3) is 4.50. The Bertz CT molecular complexity index is 862. The predicted molar refractivity (Wildman–Crippen MR) is 85.6 cm³/mol. The van der Waals surface area contributed by atoms with E-state index >= 15 is 0 Å². The Labute approximate surface area is 142 Å². The highest BCUT2D eigenvalue weighted by molar-refractivity contribution is 7.93. The average Bonchev–Trinajstić information content (AvgIpc) is 2.55. The maximum absolute atomic E-state index is 12.5. The molecule has 2 rings (SSSR count). The van der Waals surface area contributed by atoms with E-state index in [9.17, 15) is 26.4 Å². The quantitative estimate of drug-likeness (QED) is 0.816. The second-order valence-corrected chi connectivity index (χ2v) is 6.75. The van der Waals surface area contributed by atoms with Crippen molar-refractivity contribution in [1.29, 1.82) is 0 Å². The Balaban J connectivity index is 2.25. The highest BCUT2D eigenvalue weighted by Crippen LogP contribution is 2.28. The van der Waals surface area contributed by atoms with Crippen LogP contribution in [-0.2, 0) is 21.2 Å². The highest BCUT2D eigenvalue weighted by Gasteiger charge is 2.46. The molecule has 0 atom stereocenters. The summed E-state index contributed by atoms with van der Waals surface area (Å²) < 4.78 is 66.3. The van der Waals surface area contributed by atoms with Gasteiger partial charge in [-0.05, 0) is 35.7 Å². The normalized spacial score (nSPS) is 11.8. The van der Waals surface area contributed by atoms with E-state index in [4.69, 9.17) is 0 Å². The minimum atomic E-state index is -5.50. The van der Waals surface area contributed by atoms with Crippen molar-refractivity contribution < 1.29 is 31.1 Å². The topological polar surface area (TPSA) is 72.5 Å². The second kappa shape index (κ2) is 7.14. The lowest BCUT2D eigenvalue weighted by atomic mass is 10.0. The molecule has 0 aromatic heterocycles. The third-order valence-corrected chi connectivity index (χ3v) is 4.43. The number of benzene rings is 2. The number of nitrogens with one attached hydrogen (secondary N) is 1. The molecule has 5 nitrogen and oxygen atoms in total. The van der Waals surface area contributed by atoms with E-state index in [-0.39, 0.29) is 12.1 Å². The van der Waals surface area contributed by atoms with Crippen LogP contribution in [0.15, 0.2) is 48.5 Å². The van der Waals surface area contributed by atoms with Gasteiger partial charge in [-0.25, -0.2) is 4.79 Å². The molecule has 2 aromatic carbocycles. The molecular weight excluding hydrogens is 359 g/mol. The van der Waals surface area contributed by atoms with Crippen LogP contribution in [0.1, 0.15) is 21.5 Å². The molecule has 0 aliphatic carbocycles. The summed E-state index contributed by atoms with van der Waals surface area (Å²) in [4.78, 5) is 11.4. The molecule has 0 radical (unpaired) electrons. The molecule has 0 amide bonds. The molecule has 2 aromatic rings. The van der Waals surface area contributed by atoms with Gasteiger partial charge in [0.25, 0.3) is 0 Å². The number of rotatable bonds is 5. The number of halogens is 3. The number of hydrogen-bond acceptors (Lipinski definition) is 4. The Morgan fingerprint density at radius 1 is 1.08 bits per heavy atom. The molecule has 25 heavy (non-hydrogen) atoms. The minimum absolute atomic E-state index is 0.156. The fraction of sp³-hybridized carbons (Fsp3) is 0.188. The summed E-state index contributed by atoms with van der Waals surface area (Å²) in [5.74, 6) is -0.509. The first-order chi connectivity index (χ1) is 11.6. The van der Waals surface area contributed by atoms with Gasteiger partial charge in [-0.1, -0.05) is 30.3 Å². The van der Waals surface area contributed by atoms with E-state index in [1.807, 2.05) is 0 Å². The molecule has 0 heterocycles. The molecule has 0 unspecified atom stereocenters. The average molecular weight is 373 g/mol. The van der Waals surface area contributed by atoms with Gasteiger partial charge in [-0.2, -0.15) is 21.6 Å². The first kappa shape index (κ1) is 18.8. The first-order valence-corrected chi connectivity index (χ1v) is 8.46. The fourth-order valence-corrected chi connectivity index (χ4v) is 2.68. The van der Waals surface area contributed by atoms with Gasteiger partial charge in [-0.3, -0.25) is 4.72 Å². The van der Waals surface area contributed by atoms with E-state index in [0.717, 1.165) is 0 Å². The minimum Gasteiger partial charge on any atom is -0.465 e. The van der Waals surface area contributed by atoms with Crippen LogP contribution in [0, 0.1) is 0 Å². The van der Waals surface area contributed by atoms with Crippen LogP contribution in [0.25, 0.3) is 0 Å². The number of carbonyl (C=O) groups is 1. The van der Waals surface area contributed by atoms with Gasteiger partial charge >= 0.3 is 21.5 Å². The Morgan fingerprint density at radius 3 is 2.24 bits per heavy atom. The van der Waals surface area contributed by atoms with E-state index < -0.39 is 21.5 Å². The third-order valence-electron chi connectivity index (χ3n) is 3.34. The maximum Gasteiger partial charge on any atom is 0.516 e. The highest BCUT2D eigenvalue weighted by atomic mass is 32.2. The lowest BCUT2D eigenvalue weighted by Crippen LogP contribution is -2.30. The zero-order valence-electron chi connectivity index (χ0n) is 13.0. The summed E-state index contributed by atoms with van der Waals surface area (Å²) in [5, 5.41) is 0. The van der Waals surface area contributed by atoms with Crippen LogP contribution >= 0.6 is 0 Å². The number of para-hydroxylation sites is 1. The lowest BCUT2D eigenvalue weighted by Gasteiger charge is -2.14. The standard InChI is InChI=1S/C16H14F3NO4S/c1-24-15(21)12-8-6-11(7-9-12)10-13-4-2-3-5-14(13)20-25(22,23)16(17,18)19/h2-9,20H,10H2,1H3. The number of methoxy groups -OCH3 is 1. The zero-order valence-corrected chi connectivity index (χ0v) is 13.8. The van der Waals surface area contributed by atoms with Crippen molar-refractivity contribution >= 4 is 21.7 Å². The van der Waals surface area contributed by atoms with Crippen LogP contribution in [-0.4, -0.2) is 27.0 Å². The molecule has 0 aliphatic rings. The smallest absolute Gasteiger partial charge is 0.465 e.